The van der Waals surface area contributed by atoms with Crippen LogP contribution in [0.25, 0.3) is 11.1 Å². The number of halogens is 1. The number of hydrogen-bond donors (Lipinski definition) is 1. The van der Waals surface area contributed by atoms with Crippen molar-refractivity contribution in [1.29, 1.82) is 0 Å². The van der Waals surface area contributed by atoms with E-state index in [0.717, 1.165) is 29.7 Å². The van der Waals surface area contributed by atoms with Crippen LogP contribution in [0, 0.1) is 11.7 Å². The van der Waals surface area contributed by atoms with E-state index in [4.69, 9.17) is 0 Å². The van der Waals surface area contributed by atoms with E-state index in [0.29, 0.717) is 31.6 Å². The Morgan fingerprint density at radius 2 is 1.88 bits per heavy atom. The number of benzene rings is 2. The monoisotopic (exact) mass is 431 g/mol. The van der Waals surface area contributed by atoms with Gasteiger partial charge < -0.3 is 10.2 Å². The molecule has 2 amide bonds. The number of pyridine rings is 1. The lowest BCUT2D eigenvalue weighted by molar-refractivity contribution is -0.134. The standard InChI is InChI=1S/C26H26FN3O2/c27-22-11-9-19(10-12-22)20-5-3-8-24(17-20)29-26(32)21-6-4-16-30(18-21)25(31)14-13-23-7-1-2-15-28-23/h1-3,5,7-12,15,17,21H,4,6,13-14,16,18H2,(H,29,32)/t21-/m1/s1. The van der Waals surface area contributed by atoms with Gasteiger partial charge in [0.05, 0.1) is 5.92 Å². The Kier molecular flexibility index (Phi) is 6.90. The number of hydrogen-bond acceptors (Lipinski definition) is 3. The van der Waals surface area contributed by atoms with Gasteiger partial charge in [0.25, 0.3) is 0 Å². The largest absolute Gasteiger partial charge is 0.342 e. The molecule has 3 aromatic rings. The molecule has 4 rings (SSSR count). The Morgan fingerprint density at radius 3 is 2.66 bits per heavy atom. The number of aromatic nitrogens is 1. The number of amides is 2. The molecular formula is C26H26FN3O2. The van der Waals surface area contributed by atoms with Crippen LogP contribution in [0.15, 0.2) is 72.9 Å². The summed E-state index contributed by atoms with van der Waals surface area (Å²) in [6.45, 7) is 1.12. The lowest BCUT2D eigenvalue weighted by Gasteiger charge is -2.32. The van der Waals surface area contributed by atoms with E-state index in [1.165, 1.54) is 12.1 Å². The number of carbonyl (C=O) groups excluding carboxylic acids is 2. The van der Waals surface area contributed by atoms with Crippen molar-refractivity contribution in [2.45, 2.75) is 25.7 Å². The lowest BCUT2D eigenvalue weighted by Crippen LogP contribution is -2.43. The molecule has 2 aromatic carbocycles. The molecule has 0 spiro atoms. The maximum atomic E-state index is 13.2. The molecule has 2 heterocycles. The maximum Gasteiger partial charge on any atom is 0.229 e. The van der Waals surface area contributed by atoms with Crippen molar-refractivity contribution in [3.05, 3.63) is 84.4 Å². The summed E-state index contributed by atoms with van der Waals surface area (Å²) in [5, 5.41) is 2.99. The Bertz CT molecular complexity index is 1070. The van der Waals surface area contributed by atoms with Crippen LogP contribution in [0.1, 0.15) is 25.0 Å². The highest BCUT2D eigenvalue weighted by Gasteiger charge is 2.28. The van der Waals surface area contributed by atoms with E-state index < -0.39 is 0 Å². The Hall–Kier alpha value is -3.54. The fraction of sp³-hybridized carbons (Fsp3) is 0.269. The molecule has 0 aliphatic carbocycles. The molecule has 164 valence electrons. The normalized spacial score (nSPS) is 15.9. The van der Waals surface area contributed by atoms with Crippen molar-refractivity contribution < 1.29 is 14.0 Å². The fourth-order valence-corrected chi connectivity index (χ4v) is 4.02. The predicted molar refractivity (Wildman–Crippen MR) is 122 cm³/mol. The van der Waals surface area contributed by atoms with Gasteiger partial charge in [-0.05, 0) is 66.8 Å². The first kappa shape index (κ1) is 21.7. The topological polar surface area (TPSA) is 62.3 Å². The summed E-state index contributed by atoms with van der Waals surface area (Å²) in [5.41, 5.74) is 3.37. The molecule has 5 nitrogen and oxygen atoms in total. The molecule has 1 saturated heterocycles. The van der Waals surface area contributed by atoms with Gasteiger partial charge in [-0.2, -0.15) is 0 Å². The Balaban J connectivity index is 1.34. The van der Waals surface area contributed by atoms with Crippen molar-refractivity contribution in [2.75, 3.05) is 18.4 Å². The third-order valence-electron chi connectivity index (χ3n) is 5.77. The molecule has 1 aliphatic rings. The smallest absolute Gasteiger partial charge is 0.229 e. The minimum absolute atomic E-state index is 0.0615. The van der Waals surface area contributed by atoms with Gasteiger partial charge in [0.2, 0.25) is 11.8 Å². The van der Waals surface area contributed by atoms with Gasteiger partial charge in [0.1, 0.15) is 5.82 Å². The number of piperidine rings is 1. The minimum Gasteiger partial charge on any atom is -0.342 e. The molecule has 0 radical (unpaired) electrons. The van der Waals surface area contributed by atoms with Crippen LogP contribution >= 0.6 is 0 Å². The summed E-state index contributed by atoms with van der Waals surface area (Å²) in [6, 6.07) is 19.5. The molecule has 1 fully saturated rings. The van der Waals surface area contributed by atoms with Crippen molar-refractivity contribution >= 4 is 17.5 Å². The molecule has 0 bridgehead atoms. The summed E-state index contributed by atoms with van der Waals surface area (Å²) in [7, 11) is 0. The van der Waals surface area contributed by atoms with E-state index in [1.54, 1.807) is 23.2 Å². The Morgan fingerprint density at radius 1 is 1.03 bits per heavy atom. The summed E-state index contributed by atoms with van der Waals surface area (Å²) in [5.74, 6) is -0.540. The van der Waals surface area contributed by atoms with Gasteiger partial charge >= 0.3 is 0 Å². The van der Waals surface area contributed by atoms with Crippen molar-refractivity contribution in [3.8, 4) is 11.1 Å². The first-order valence-corrected chi connectivity index (χ1v) is 10.9. The Labute approximate surface area is 187 Å². The van der Waals surface area contributed by atoms with Gasteiger partial charge in [-0.1, -0.05) is 30.3 Å². The molecule has 1 N–H and O–H groups in total. The molecule has 1 aromatic heterocycles. The first-order chi connectivity index (χ1) is 15.6. The second-order valence-electron chi connectivity index (χ2n) is 8.08. The highest BCUT2D eigenvalue weighted by atomic mass is 19.1. The van der Waals surface area contributed by atoms with Gasteiger partial charge in [0, 0.05) is 37.1 Å². The third-order valence-corrected chi connectivity index (χ3v) is 5.77. The minimum atomic E-state index is -0.283. The van der Waals surface area contributed by atoms with Crippen molar-refractivity contribution in [2.24, 2.45) is 5.92 Å². The molecule has 6 heteroatoms. The van der Waals surface area contributed by atoms with Crippen molar-refractivity contribution in [1.82, 2.24) is 9.88 Å². The van der Waals surface area contributed by atoms with Crippen LogP contribution in [-0.4, -0.2) is 34.8 Å². The van der Waals surface area contributed by atoms with E-state index in [9.17, 15) is 14.0 Å². The van der Waals surface area contributed by atoms with Crippen LogP contribution in [0.2, 0.25) is 0 Å². The van der Waals surface area contributed by atoms with E-state index in [-0.39, 0.29) is 23.5 Å². The van der Waals surface area contributed by atoms with Crippen LogP contribution in [0.5, 0.6) is 0 Å². The quantitative estimate of drug-likeness (QED) is 0.616. The second-order valence-corrected chi connectivity index (χ2v) is 8.08. The molecule has 1 atom stereocenters. The van der Waals surface area contributed by atoms with E-state index in [2.05, 4.69) is 10.3 Å². The zero-order chi connectivity index (χ0) is 22.3. The first-order valence-electron chi connectivity index (χ1n) is 10.9. The molecule has 32 heavy (non-hydrogen) atoms. The van der Waals surface area contributed by atoms with Crippen LogP contribution in [0.4, 0.5) is 10.1 Å². The van der Waals surface area contributed by atoms with Gasteiger partial charge in [-0.3, -0.25) is 14.6 Å². The highest BCUT2D eigenvalue weighted by Crippen LogP contribution is 2.24. The number of aryl methyl sites for hydroxylation is 1. The zero-order valence-electron chi connectivity index (χ0n) is 17.8. The fourth-order valence-electron chi connectivity index (χ4n) is 4.02. The average molecular weight is 432 g/mol. The summed E-state index contributed by atoms with van der Waals surface area (Å²) >= 11 is 0. The van der Waals surface area contributed by atoms with Crippen LogP contribution < -0.4 is 5.32 Å². The van der Waals surface area contributed by atoms with Gasteiger partial charge in [-0.15, -0.1) is 0 Å². The van der Waals surface area contributed by atoms with Crippen LogP contribution in [-0.2, 0) is 16.0 Å². The van der Waals surface area contributed by atoms with E-state index >= 15 is 0 Å². The summed E-state index contributed by atoms with van der Waals surface area (Å²) in [6.07, 6.45) is 4.29. The average Bonchev–Trinajstić information content (AvgIpc) is 2.84. The summed E-state index contributed by atoms with van der Waals surface area (Å²) < 4.78 is 13.2. The van der Waals surface area contributed by atoms with Crippen molar-refractivity contribution in [3.63, 3.8) is 0 Å². The number of nitrogens with zero attached hydrogens (tertiary/aromatic N) is 2. The second kappa shape index (κ2) is 10.2. The van der Waals surface area contributed by atoms with Gasteiger partial charge in [-0.25, -0.2) is 4.39 Å². The zero-order valence-corrected chi connectivity index (χ0v) is 17.8. The third kappa shape index (κ3) is 5.58. The van der Waals surface area contributed by atoms with Gasteiger partial charge in [0.15, 0.2) is 0 Å². The molecular weight excluding hydrogens is 405 g/mol. The number of likely N-dealkylation sites (tertiary alicyclic amines) is 1. The highest BCUT2D eigenvalue weighted by molar-refractivity contribution is 5.93. The molecule has 0 saturated carbocycles. The molecule has 1 aliphatic heterocycles. The van der Waals surface area contributed by atoms with E-state index in [1.807, 2.05) is 42.5 Å². The van der Waals surface area contributed by atoms with Crippen LogP contribution in [0.3, 0.4) is 0 Å². The number of nitrogens with one attached hydrogen (secondary N) is 1. The maximum absolute atomic E-state index is 13.2. The SMILES string of the molecule is O=C(Nc1cccc(-c2ccc(F)cc2)c1)[C@@H]1CCCN(C(=O)CCc2ccccn2)C1. The lowest BCUT2D eigenvalue weighted by atomic mass is 9.96. The number of anilines is 1. The molecule has 0 unspecified atom stereocenters. The predicted octanol–water partition coefficient (Wildman–Crippen LogP) is 4.70. The number of carbonyl (C=O) groups is 2. The number of rotatable bonds is 6. The summed E-state index contributed by atoms with van der Waals surface area (Å²) in [4.78, 5) is 31.6.